The minimum absolute atomic E-state index is 0.0519. The third kappa shape index (κ3) is 49.9. The van der Waals surface area contributed by atoms with E-state index in [2.05, 4.69) is 67.8 Å². The molecule has 0 fully saturated rings. The maximum absolute atomic E-state index is 12.9. The summed E-state index contributed by atoms with van der Waals surface area (Å²) in [5.74, 6) is -0.193. The lowest BCUT2D eigenvalue weighted by molar-refractivity contribution is -0.870. The quantitative estimate of drug-likeness (QED) is 0.0243. The molecule has 0 saturated carbocycles. The van der Waals surface area contributed by atoms with Crippen LogP contribution in [0.3, 0.4) is 0 Å². The van der Waals surface area contributed by atoms with Crippen LogP contribution >= 0.6 is 7.82 Å². The molecule has 0 heterocycles. The van der Waals surface area contributed by atoms with E-state index in [1.54, 1.807) is 6.08 Å². The van der Waals surface area contributed by atoms with Crippen LogP contribution in [0.4, 0.5) is 0 Å². The number of amides is 1. The van der Waals surface area contributed by atoms with Gasteiger partial charge in [-0.2, -0.15) is 0 Å². The third-order valence-corrected chi connectivity index (χ3v) is 12.9. The van der Waals surface area contributed by atoms with Crippen LogP contribution in [0.15, 0.2) is 60.8 Å². The van der Waals surface area contributed by atoms with E-state index >= 15 is 0 Å². The first-order valence-corrected chi connectivity index (χ1v) is 28.7. The van der Waals surface area contributed by atoms with Gasteiger partial charge in [-0.3, -0.25) is 13.8 Å². The number of quaternary nitrogens is 1. The molecule has 0 radical (unpaired) electrons. The molecule has 0 bridgehead atoms. The van der Waals surface area contributed by atoms with Crippen LogP contribution in [-0.2, 0) is 18.4 Å². The average molecular weight is 934 g/mol. The Bertz CT molecular complexity index is 1240. The van der Waals surface area contributed by atoms with Crippen molar-refractivity contribution in [1.29, 1.82) is 0 Å². The molecule has 0 aromatic carbocycles. The van der Waals surface area contributed by atoms with Gasteiger partial charge in [0.1, 0.15) is 13.2 Å². The molecule has 0 aliphatic carbocycles. The van der Waals surface area contributed by atoms with Crippen LogP contribution in [0, 0.1) is 0 Å². The van der Waals surface area contributed by atoms with Crippen molar-refractivity contribution in [3.63, 3.8) is 0 Å². The SMILES string of the molecule is CCCCCC/C=C/CC/C=C/CC/C=C/C(O)C(COP(=O)(O)OCC[N+](C)(C)C)NC(=O)CCCCCCCCCCCCCCC/C=C\C/C=C\CCCCCCCCCCC. The molecule has 0 rings (SSSR count). The summed E-state index contributed by atoms with van der Waals surface area (Å²) in [6, 6.07) is -0.871. The Balaban J connectivity index is 4.18. The molecule has 0 saturated heterocycles. The summed E-state index contributed by atoms with van der Waals surface area (Å²) < 4.78 is 23.6. The number of rotatable bonds is 49. The smallest absolute Gasteiger partial charge is 0.387 e. The Morgan fingerprint density at radius 3 is 1.34 bits per heavy atom. The first-order chi connectivity index (χ1) is 31.5. The van der Waals surface area contributed by atoms with E-state index in [1.807, 2.05) is 27.2 Å². The number of nitrogens with one attached hydrogen (secondary N) is 1. The zero-order valence-corrected chi connectivity index (χ0v) is 44.1. The number of allylic oxidation sites excluding steroid dienone is 9. The third-order valence-electron chi connectivity index (χ3n) is 11.9. The normalized spacial score (nSPS) is 14.5. The Labute approximate surface area is 402 Å². The highest BCUT2D eigenvalue weighted by Gasteiger charge is 2.27. The van der Waals surface area contributed by atoms with Gasteiger partial charge in [-0.25, -0.2) is 4.57 Å². The molecule has 0 aliphatic heterocycles. The number of likely N-dealkylation sites (N-methyl/N-ethyl adjacent to an activating group) is 1. The van der Waals surface area contributed by atoms with Crippen LogP contribution in [0.2, 0.25) is 0 Å². The lowest BCUT2D eigenvalue weighted by Crippen LogP contribution is -2.45. The minimum atomic E-state index is -4.36. The summed E-state index contributed by atoms with van der Waals surface area (Å²) >= 11 is 0. The van der Waals surface area contributed by atoms with Gasteiger partial charge >= 0.3 is 7.82 Å². The highest BCUT2D eigenvalue weighted by atomic mass is 31.2. The lowest BCUT2D eigenvalue weighted by Gasteiger charge is -2.25. The van der Waals surface area contributed by atoms with Crippen LogP contribution in [0.5, 0.6) is 0 Å². The molecule has 8 nitrogen and oxygen atoms in total. The van der Waals surface area contributed by atoms with Gasteiger partial charge in [-0.15, -0.1) is 0 Å². The van der Waals surface area contributed by atoms with Crippen molar-refractivity contribution in [2.45, 2.75) is 251 Å². The van der Waals surface area contributed by atoms with E-state index in [0.29, 0.717) is 17.4 Å². The van der Waals surface area contributed by atoms with Gasteiger partial charge in [-0.1, -0.05) is 216 Å². The summed E-state index contributed by atoms with van der Waals surface area (Å²) in [5.41, 5.74) is 0. The number of carbonyl (C=O) groups excluding carboxylic acids is 1. The van der Waals surface area contributed by atoms with Crippen molar-refractivity contribution in [3.05, 3.63) is 60.8 Å². The molecule has 0 aliphatic rings. The van der Waals surface area contributed by atoms with Gasteiger partial charge in [-0.05, 0) is 77.0 Å². The Morgan fingerprint density at radius 2 is 0.892 bits per heavy atom. The lowest BCUT2D eigenvalue weighted by atomic mass is 10.0. The molecule has 65 heavy (non-hydrogen) atoms. The predicted molar refractivity (Wildman–Crippen MR) is 281 cm³/mol. The standard InChI is InChI=1S/C56H105N2O6P/c1-6-8-10-12-14-16-18-20-22-23-24-25-26-27-28-29-30-31-32-33-34-35-36-38-40-42-44-46-48-50-56(60)57-54(53-64-65(61,62)63-52-51-58(3,4)5)55(59)49-47-45-43-41-39-37-21-19-17-15-13-11-9-7-2/h17,19,24-25,27-28,39,41,47,49,54-55,59H,6-16,18,20-23,26,29-38,40,42-46,48,50-53H2,1-5H3,(H-,57,60,61,62)/p+1/b19-17+,25-24-,28-27-,41-39+,49-47+. The van der Waals surface area contributed by atoms with Crippen LogP contribution in [0.25, 0.3) is 0 Å². The van der Waals surface area contributed by atoms with Gasteiger partial charge in [0.2, 0.25) is 5.91 Å². The van der Waals surface area contributed by atoms with Crippen LogP contribution in [0.1, 0.15) is 239 Å². The highest BCUT2D eigenvalue weighted by Crippen LogP contribution is 2.43. The number of aliphatic hydroxyl groups excluding tert-OH is 1. The van der Waals surface area contributed by atoms with E-state index in [4.69, 9.17) is 9.05 Å². The molecule has 3 atom stereocenters. The second kappa shape index (κ2) is 47.3. The van der Waals surface area contributed by atoms with Gasteiger partial charge in [0.25, 0.3) is 0 Å². The number of carbonyl (C=O) groups is 1. The number of hydrogen-bond donors (Lipinski definition) is 3. The van der Waals surface area contributed by atoms with Crippen molar-refractivity contribution in [2.75, 3.05) is 40.9 Å². The summed E-state index contributed by atoms with van der Waals surface area (Å²) in [6.45, 7) is 4.77. The van der Waals surface area contributed by atoms with Crippen molar-refractivity contribution >= 4 is 13.7 Å². The molecule has 1 amide bonds. The first-order valence-electron chi connectivity index (χ1n) is 27.2. The van der Waals surface area contributed by atoms with Gasteiger partial charge in [0.05, 0.1) is 39.9 Å². The number of hydrogen-bond acceptors (Lipinski definition) is 5. The maximum Gasteiger partial charge on any atom is 0.472 e. The summed E-state index contributed by atoms with van der Waals surface area (Å²) in [6.07, 6.45) is 63.2. The number of nitrogens with zero attached hydrogens (tertiary/aromatic N) is 1. The molecule has 0 aromatic rings. The van der Waals surface area contributed by atoms with Crippen molar-refractivity contribution < 1.29 is 32.9 Å². The monoisotopic (exact) mass is 934 g/mol. The van der Waals surface area contributed by atoms with Crippen molar-refractivity contribution in [2.24, 2.45) is 0 Å². The van der Waals surface area contributed by atoms with Crippen LogP contribution < -0.4 is 5.32 Å². The van der Waals surface area contributed by atoms with Crippen LogP contribution in [-0.4, -0.2) is 73.4 Å². The largest absolute Gasteiger partial charge is 0.472 e. The molecule has 0 spiro atoms. The Kier molecular flexibility index (Phi) is 46.0. The second-order valence-corrected chi connectivity index (χ2v) is 21.0. The van der Waals surface area contributed by atoms with E-state index in [0.717, 1.165) is 51.4 Å². The predicted octanol–water partition coefficient (Wildman–Crippen LogP) is 16.1. The topological polar surface area (TPSA) is 105 Å². The fourth-order valence-electron chi connectivity index (χ4n) is 7.63. The molecule has 3 N–H and O–H groups in total. The molecule has 380 valence electrons. The van der Waals surface area contributed by atoms with Crippen molar-refractivity contribution in [1.82, 2.24) is 5.32 Å². The summed E-state index contributed by atoms with van der Waals surface area (Å²) in [5, 5.41) is 13.8. The van der Waals surface area contributed by atoms with Gasteiger partial charge < -0.3 is 19.8 Å². The van der Waals surface area contributed by atoms with Crippen molar-refractivity contribution in [3.8, 4) is 0 Å². The first kappa shape index (κ1) is 63.2. The highest BCUT2D eigenvalue weighted by molar-refractivity contribution is 7.47. The Morgan fingerprint density at radius 1 is 0.523 bits per heavy atom. The van der Waals surface area contributed by atoms with E-state index in [9.17, 15) is 19.4 Å². The average Bonchev–Trinajstić information content (AvgIpc) is 3.26. The molecule has 9 heteroatoms. The fraction of sp³-hybridized carbons (Fsp3) is 0.804. The summed E-state index contributed by atoms with van der Waals surface area (Å²) in [4.78, 5) is 23.2. The zero-order chi connectivity index (χ0) is 47.8. The molecule has 3 unspecified atom stereocenters. The van der Waals surface area contributed by atoms with E-state index < -0.39 is 20.0 Å². The maximum atomic E-state index is 12.9. The van der Waals surface area contributed by atoms with E-state index in [1.165, 1.54) is 167 Å². The number of unbranched alkanes of at least 4 members (excludes halogenated alkanes) is 28. The van der Waals surface area contributed by atoms with E-state index in [-0.39, 0.29) is 19.1 Å². The second-order valence-electron chi connectivity index (χ2n) is 19.6. The minimum Gasteiger partial charge on any atom is -0.387 e. The number of phosphoric ester groups is 1. The fourth-order valence-corrected chi connectivity index (χ4v) is 8.37. The summed E-state index contributed by atoms with van der Waals surface area (Å²) in [7, 11) is 1.54. The number of aliphatic hydroxyl groups is 1. The zero-order valence-electron chi connectivity index (χ0n) is 43.2. The molecular weight excluding hydrogens is 828 g/mol. The van der Waals surface area contributed by atoms with Gasteiger partial charge in [0, 0.05) is 6.42 Å². The molecule has 0 aromatic heterocycles. The Hall–Kier alpha value is -1.80. The van der Waals surface area contributed by atoms with Gasteiger partial charge in [0.15, 0.2) is 0 Å². The molecular formula is C56H106N2O6P+. The number of phosphoric acid groups is 1.